The third kappa shape index (κ3) is 12.6. The first kappa shape index (κ1) is 27.2. The van der Waals surface area contributed by atoms with Crippen LogP contribution in [0.1, 0.15) is 58.3 Å². The molecule has 28 heavy (non-hydrogen) atoms. The van der Waals surface area contributed by atoms with Crippen LogP contribution in [0.2, 0.25) is 0 Å². The number of carbonyl (C=O) groups is 1. The average molecular weight is 403 g/mol. The summed E-state index contributed by atoms with van der Waals surface area (Å²) in [5, 5.41) is 0. The Kier molecular flexibility index (Phi) is 17.7. The van der Waals surface area contributed by atoms with E-state index >= 15 is 0 Å². The second kappa shape index (κ2) is 18.3. The summed E-state index contributed by atoms with van der Waals surface area (Å²) in [5.74, 6) is 0. The SMILES string of the molecule is CCCCC[C@H](C[C@H](C[C@H](C[C@H](C[C@H](/C=C/C=O)OC)OC)OC)OC)OC. The van der Waals surface area contributed by atoms with Crippen molar-refractivity contribution in [3.8, 4) is 0 Å². The Morgan fingerprint density at radius 1 is 0.679 bits per heavy atom. The van der Waals surface area contributed by atoms with Crippen LogP contribution in [0.3, 0.4) is 0 Å². The summed E-state index contributed by atoms with van der Waals surface area (Å²) in [6.07, 6.45) is 11.7. The number of rotatable bonds is 19. The van der Waals surface area contributed by atoms with Crippen LogP contribution in [0.15, 0.2) is 12.2 Å². The van der Waals surface area contributed by atoms with Gasteiger partial charge >= 0.3 is 0 Å². The van der Waals surface area contributed by atoms with E-state index < -0.39 is 0 Å². The molecular formula is C22H42O6. The van der Waals surface area contributed by atoms with Crippen molar-refractivity contribution in [1.29, 1.82) is 0 Å². The highest BCUT2D eigenvalue weighted by atomic mass is 16.5. The maximum atomic E-state index is 10.5. The Morgan fingerprint density at radius 2 is 1.18 bits per heavy atom. The van der Waals surface area contributed by atoms with Crippen molar-refractivity contribution in [2.75, 3.05) is 35.5 Å². The van der Waals surface area contributed by atoms with Gasteiger partial charge in [-0.3, -0.25) is 4.79 Å². The molecule has 0 N–H and O–H groups in total. The van der Waals surface area contributed by atoms with Crippen LogP contribution in [0, 0.1) is 0 Å². The van der Waals surface area contributed by atoms with Crippen molar-refractivity contribution >= 4 is 6.29 Å². The lowest BCUT2D eigenvalue weighted by atomic mass is 9.97. The third-order valence-corrected chi connectivity index (χ3v) is 5.24. The van der Waals surface area contributed by atoms with Gasteiger partial charge in [0.15, 0.2) is 0 Å². The number of carbonyl (C=O) groups excluding carboxylic acids is 1. The van der Waals surface area contributed by atoms with Crippen molar-refractivity contribution in [2.24, 2.45) is 0 Å². The summed E-state index contributed by atoms with van der Waals surface area (Å²) in [4.78, 5) is 10.5. The molecule has 166 valence electrons. The molecule has 0 rings (SSSR count). The Labute approximate surface area is 171 Å². The van der Waals surface area contributed by atoms with Gasteiger partial charge in [0.1, 0.15) is 6.29 Å². The minimum absolute atomic E-state index is 0.00982. The molecule has 0 aromatic heterocycles. The zero-order valence-electron chi connectivity index (χ0n) is 18.7. The molecule has 0 unspecified atom stereocenters. The predicted octanol–water partition coefficient (Wildman–Crippen LogP) is 3.96. The van der Waals surface area contributed by atoms with E-state index in [4.69, 9.17) is 23.7 Å². The van der Waals surface area contributed by atoms with E-state index in [0.29, 0.717) is 6.42 Å². The molecule has 0 saturated heterocycles. The highest BCUT2D eigenvalue weighted by Crippen LogP contribution is 2.21. The fourth-order valence-corrected chi connectivity index (χ4v) is 3.38. The summed E-state index contributed by atoms with van der Waals surface area (Å²) >= 11 is 0. The van der Waals surface area contributed by atoms with E-state index in [-0.39, 0.29) is 30.5 Å². The second-order valence-electron chi connectivity index (χ2n) is 7.16. The van der Waals surface area contributed by atoms with E-state index in [1.807, 2.05) is 0 Å². The molecule has 0 fully saturated rings. The van der Waals surface area contributed by atoms with Gasteiger partial charge in [0.25, 0.3) is 0 Å². The molecule has 0 aromatic carbocycles. The molecule has 0 spiro atoms. The van der Waals surface area contributed by atoms with Gasteiger partial charge in [-0.1, -0.05) is 32.3 Å². The van der Waals surface area contributed by atoms with Crippen LogP contribution in [0.25, 0.3) is 0 Å². The van der Waals surface area contributed by atoms with Crippen molar-refractivity contribution in [3.63, 3.8) is 0 Å². The maximum Gasteiger partial charge on any atom is 0.142 e. The van der Waals surface area contributed by atoms with E-state index in [9.17, 15) is 4.79 Å². The number of hydrogen-bond acceptors (Lipinski definition) is 6. The number of hydrogen-bond donors (Lipinski definition) is 0. The van der Waals surface area contributed by atoms with Crippen molar-refractivity contribution < 1.29 is 28.5 Å². The van der Waals surface area contributed by atoms with Gasteiger partial charge in [-0.05, 0) is 31.8 Å². The Morgan fingerprint density at radius 3 is 1.61 bits per heavy atom. The average Bonchev–Trinajstić information content (AvgIpc) is 2.73. The molecule has 0 aliphatic heterocycles. The lowest BCUT2D eigenvalue weighted by Gasteiger charge is -2.28. The van der Waals surface area contributed by atoms with E-state index in [1.54, 1.807) is 41.6 Å². The minimum atomic E-state index is -0.165. The van der Waals surface area contributed by atoms with Crippen LogP contribution < -0.4 is 0 Å². The largest absolute Gasteiger partial charge is 0.381 e. The number of unbranched alkanes of at least 4 members (excludes halogenated alkanes) is 2. The van der Waals surface area contributed by atoms with Crippen LogP contribution in [-0.4, -0.2) is 72.4 Å². The Balaban J connectivity index is 4.69. The minimum Gasteiger partial charge on any atom is -0.381 e. The molecule has 6 nitrogen and oxygen atoms in total. The summed E-state index contributed by atoms with van der Waals surface area (Å²) in [6, 6.07) is 0. The number of allylic oxidation sites excluding steroid dienone is 1. The topological polar surface area (TPSA) is 63.2 Å². The highest BCUT2D eigenvalue weighted by Gasteiger charge is 2.24. The molecule has 6 heteroatoms. The molecule has 5 atom stereocenters. The summed E-state index contributed by atoms with van der Waals surface area (Å²) in [7, 11) is 8.56. The van der Waals surface area contributed by atoms with E-state index in [2.05, 4.69) is 6.92 Å². The lowest BCUT2D eigenvalue weighted by Crippen LogP contribution is -2.31. The molecule has 0 bridgehead atoms. The Bertz CT molecular complexity index is 387. The van der Waals surface area contributed by atoms with E-state index in [0.717, 1.165) is 32.0 Å². The fraction of sp³-hybridized carbons (Fsp3) is 0.864. The molecule has 0 aliphatic rings. The zero-order valence-corrected chi connectivity index (χ0v) is 18.7. The van der Waals surface area contributed by atoms with Gasteiger partial charge in [-0.15, -0.1) is 0 Å². The summed E-state index contributed by atoms with van der Waals surface area (Å²) in [5.41, 5.74) is 0. The van der Waals surface area contributed by atoms with Crippen LogP contribution in [0.4, 0.5) is 0 Å². The second-order valence-corrected chi connectivity index (χ2v) is 7.16. The van der Waals surface area contributed by atoms with Gasteiger partial charge in [0.2, 0.25) is 0 Å². The third-order valence-electron chi connectivity index (χ3n) is 5.24. The molecule has 0 aromatic rings. The lowest BCUT2D eigenvalue weighted by molar-refractivity contribution is -0.104. The zero-order chi connectivity index (χ0) is 21.2. The molecular weight excluding hydrogens is 360 g/mol. The van der Waals surface area contributed by atoms with Crippen molar-refractivity contribution in [1.82, 2.24) is 0 Å². The summed E-state index contributed by atoms with van der Waals surface area (Å²) < 4.78 is 28.1. The van der Waals surface area contributed by atoms with Gasteiger partial charge in [-0.25, -0.2) is 0 Å². The molecule has 0 amide bonds. The molecule has 0 saturated carbocycles. The summed E-state index contributed by atoms with van der Waals surface area (Å²) in [6.45, 7) is 2.21. The number of ether oxygens (including phenoxy) is 5. The monoisotopic (exact) mass is 402 g/mol. The first-order chi connectivity index (χ1) is 13.6. The van der Waals surface area contributed by atoms with Gasteiger partial charge in [-0.2, -0.15) is 0 Å². The standard InChI is InChI=1S/C22H42O6/c1-7-8-9-11-18(24-2)14-20(26-4)16-22(28-6)17-21(27-5)15-19(25-3)12-10-13-23/h10,12-13,18-22H,7-9,11,14-17H2,1-6H3/b12-10+/t18-,19+,20-,21+,22-/m1/s1. The molecule has 0 radical (unpaired) electrons. The van der Waals surface area contributed by atoms with E-state index in [1.165, 1.54) is 25.3 Å². The Hall–Kier alpha value is -0.790. The van der Waals surface area contributed by atoms with Gasteiger partial charge in [0.05, 0.1) is 30.5 Å². The quantitative estimate of drug-likeness (QED) is 0.185. The molecule has 0 aliphatic carbocycles. The first-order valence-electron chi connectivity index (χ1n) is 10.3. The van der Waals surface area contributed by atoms with Crippen LogP contribution >= 0.6 is 0 Å². The fourth-order valence-electron chi connectivity index (χ4n) is 3.38. The van der Waals surface area contributed by atoms with Gasteiger partial charge < -0.3 is 23.7 Å². The molecule has 0 heterocycles. The number of aldehydes is 1. The highest BCUT2D eigenvalue weighted by molar-refractivity contribution is 5.64. The normalized spacial score (nSPS) is 17.4. The predicted molar refractivity (Wildman–Crippen MR) is 112 cm³/mol. The van der Waals surface area contributed by atoms with Crippen molar-refractivity contribution in [3.05, 3.63) is 12.2 Å². The van der Waals surface area contributed by atoms with Gasteiger partial charge in [0, 0.05) is 42.0 Å². The van der Waals surface area contributed by atoms with Crippen LogP contribution in [0.5, 0.6) is 0 Å². The smallest absolute Gasteiger partial charge is 0.142 e. The first-order valence-corrected chi connectivity index (χ1v) is 10.3. The number of methoxy groups -OCH3 is 5. The maximum absolute atomic E-state index is 10.5. The van der Waals surface area contributed by atoms with Crippen LogP contribution in [-0.2, 0) is 28.5 Å². The van der Waals surface area contributed by atoms with Crippen molar-refractivity contribution in [2.45, 2.75) is 88.8 Å².